The number of piperazine rings is 1. The van der Waals surface area contributed by atoms with Gasteiger partial charge in [0.15, 0.2) is 0 Å². The van der Waals surface area contributed by atoms with Gasteiger partial charge in [-0.25, -0.2) is 0 Å². The number of likely N-dealkylation sites (tertiary alicyclic amines) is 1. The van der Waals surface area contributed by atoms with Gasteiger partial charge < -0.3 is 29.1 Å². The number of hydrogen-bond donors (Lipinski definition) is 0. The number of nitrogens with zero attached hydrogens (tertiary/aromatic N) is 6. The van der Waals surface area contributed by atoms with Crippen molar-refractivity contribution in [3.8, 4) is 6.01 Å². The molecule has 2 aromatic rings. The van der Waals surface area contributed by atoms with Crippen LogP contribution in [0.3, 0.4) is 0 Å². The van der Waals surface area contributed by atoms with Gasteiger partial charge in [-0.05, 0) is 108 Å². The number of amides is 1. The van der Waals surface area contributed by atoms with Crippen molar-refractivity contribution in [2.24, 2.45) is 5.41 Å². The summed E-state index contributed by atoms with van der Waals surface area (Å²) in [6.07, 6.45) is 12.5. The van der Waals surface area contributed by atoms with Gasteiger partial charge in [-0.2, -0.15) is 9.97 Å². The van der Waals surface area contributed by atoms with Crippen molar-refractivity contribution < 1.29 is 14.3 Å². The lowest BCUT2D eigenvalue weighted by Crippen LogP contribution is -2.57. The second kappa shape index (κ2) is 13.8. The lowest BCUT2D eigenvalue weighted by Gasteiger charge is -2.44. The minimum Gasteiger partial charge on any atom is -0.462 e. The number of methoxy groups -OCH3 is 1. The van der Waals surface area contributed by atoms with Gasteiger partial charge in [0.2, 0.25) is 5.91 Å². The Kier molecular flexibility index (Phi) is 9.78. The Bertz CT molecular complexity index is 1400. The van der Waals surface area contributed by atoms with E-state index in [-0.39, 0.29) is 17.4 Å². The molecule has 3 unspecified atom stereocenters. The molecule has 6 rings (SSSR count). The van der Waals surface area contributed by atoms with Crippen LogP contribution in [0, 0.1) is 12.3 Å². The summed E-state index contributed by atoms with van der Waals surface area (Å²) in [6.45, 7) is 7.22. The number of carbonyl (C=O) groups is 1. The van der Waals surface area contributed by atoms with E-state index in [0.717, 1.165) is 69.7 Å². The fourth-order valence-electron chi connectivity index (χ4n) is 8.08. The zero-order valence-corrected chi connectivity index (χ0v) is 28.1. The third kappa shape index (κ3) is 7.05. The Hall–Kier alpha value is -3.01. The molecule has 2 fully saturated rings. The van der Waals surface area contributed by atoms with Crippen LogP contribution in [0.2, 0.25) is 0 Å². The first-order valence-corrected chi connectivity index (χ1v) is 16.9. The predicted octanol–water partition coefficient (Wildman–Crippen LogP) is 3.70. The molecule has 2 aliphatic heterocycles. The third-order valence-electron chi connectivity index (χ3n) is 10.7. The van der Waals surface area contributed by atoms with Gasteiger partial charge in [0.1, 0.15) is 12.4 Å². The molecule has 1 aromatic heterocycles. The number of ether oxygens (including phenoxy) is 2. The molecule has 0 bridgehead atoms. The van der Waals surface area contributed by atoms with Crippen LogP contribution in [0.1, 0.15) is 53.6 Å². The average Bonchev–Trinajstić information content (AvgIpc) is 3.43. The Labute approximate surface area is 269 Å². The molecule has 9 heteroatoms. The minimum absolute atomic E-state index is 0.0442. The van der Waals surface area contributed by atoms with Gasteiger partial charge in [0, 0.05) is 51.0 Å². The number of rotatable bonds is 9. The summed E-state index contributed by atoms with van der Waals surface area (Å²) in [5.41, 5.74) is 7.14. The van der Waals surface area contributed by atoms with Crippen LogP contribution in [-0.4, -0.2) is 117 Å². The van der Waals surface area contributed by atoms with E-state index in [0.29, 0.717) is 38.4 Å². The third-order valence-corrected chi connectivity index (χ3v) is 10.7. The van der Waals surface area contributed by atoms with Crippen LogP contribution >= 0.6 is 0 Å². The molecule has 1 aromatic carbocycles. The van der Waals surface area contributed by atoms with Crippen LogP contribution in [-0.2, 0) is 35.2 Å². The average molecular weight is 617 g/mol. The molecule has 1 spiro atoms. The van der Waals surface area contributed by atoms with E-state index in [4.69, 9.17) is 19.4 Å². The van der Waals surface area contributed by atoms with Crippen LogP contribution in [0.5, 0.6) is 6.01 Å². The number of aryl methyl sites for hydroxylation is 1. The molecule has 0 saturated carbocycles. The SMILES string of the molecule is COCC1CN(c2nc(OCC3CCCN3C)nc3c2CCC2(CCc4c(C)cccc4C2)C3)CCN1C(=O)/C=C/CN(C)C. The molecular weight excluding hydrogens is 564 g/mol. The summed E-state index contributed by atoms with van der Waals surface area (Å²) >= 11 is 0. The number of carbonyl (C=O) groups excluding carboxylic acids is 1. The smallest absolute Gasteiger partial charge is 0.318 e. The highest BCUT2D eigenvalue weighted by molar-refractivity contribution is 5.88. The topological polar surface area (TPSA) is 74.3 Å². The molecule has 3 atom stereocenters. The van der Waals surface area contributed by atoms with Gasteiger partial charge in [0.05, 0.1) is 18.3 Å². The van der Waals surface area contributed by atoms with Crippen molar-refractivity contribution in [1.82, 2.24) is 24.7 Å². The van der Waals surface area contributed by atoms with Crippen molar-refractivity contribution >= 4 is 11.7 Å². The van der Waals surface area contributed by atoms with Gasteiger partial charge in [-0.15, -0.1) is 0 Å². The number of aromatic nitrogens is 2. The van der Waals surface area contributed by atoms with Crippen LogP contribution in [0.25, 0.3) is 0 Å². The standard InChI is InChI=1S/C36H52N6O3/c1-26-9-6-10-27-21-36(15-13-30(26)27)16-14-31-32(22-36)37-35(45-25-28-11-7-18-40(28)4)38-34(31)41-19-20-42(29(23-41)24-44-5)33(43)12-8-17-39(2)3/h6,8-10,12,28-29H,7,11,13-25H2,1-5H3/b12-8+. The highest BCUT2D eigenvalue weighted by atomic mass is 16.5. The molecule has 2 aliphatic carbocycles. The van der Waals surface area contributed by atoms with Crippen molar-refractivity contribution in [3.63, 3.8) is 0 Å². The normalized spacial score (nSPS) is 25.3. The zero-order valence-electron chi connectivity index (χ0n) is 28.1. The van der Waals surface area contributed by atoms with Crippen molar-refractivity contribution in [2.75, 3.05) is 79.1 Å². The van der Waals surface area contributed by atoms with Gasteiger partial charge in [-0.1, -0.05) is 24.3 Å². The van der Waals surface area contributed by atoms with E-state index in [1.165, 1.54) is 29.5 Å². The molecule has 45 heavy (non-hydrogen) atoms. The molecule has 244 valence electrons. The minimum atomic E-state index is -0.0598. The fourth-order valence-corrected chi connectivity index (χ4v) is 8.08. The van der Waals surface area contributed by atoms with Crippen LogP contribution in [0.15, 0.2) is 30.4 Å². The Morgan fingerprint density at radius 1 is 1.07 bits per heavy atom. The summed E-state index contributed by atoms with van der Waals surface area (Å²) < 4.78 is 12.0. The Balaban J connectivity index is 1.27. The van der Waals surface area contributed by atoms with Gasteiger partial charge in [0.25, 0.3) is 0 Å². The molecule has 9 nitrogen and oxygen atoms in total. The highest BCUT2D eigenvalue weighted by Crippen LogP contribution is 2.47. The maximum atomic E-state index is 13.2. The first-order chi connectivity index (χ1) is 21.7. The largest absolute Gasteiger partial charge is 0.462 e. The zero-order chi connectivity index (χ0) is 31.6. The summed E-state index contributed by atoms with van der Waals surface area (Å²) in [7, 11) is 7.90. The summed E-state index contributed by atoms with van der Waals surface area (Å²) in [4.78, 5) is 32.2. The van der Waals surface area contributed by atoms with E-state index in [1.807, 2.05) is 30.0 Å². The highest BCUT2D eigenvalue weighted by Gasteiger charge is 2.41. The second-order valence-corrected chi connectivity index (χ2v) is 14.2. The number of likely N-dealkylation sites (N-methyl/N-ethyl adjacent to an activating group) is 2. The molecule has 0 N–H and O–H groups in total. The summed E-state index contributed by atoms with van der Waals surface area (Å²) in [5.74, 6) is 1.04. The molecule has 0 radical (unpaired) electrons. The van der Waals surface area contributed by atoms with Gasteiger partial charge >= 0.3 is 6.01 Å². The lowest BCUT2D eigenvalue weighted by atomic mass is 9.63. The van der Waals surface area contributed by atoms with E-state index >= 15 is 0 Å². The Morgan fingerprint density at radius 3 is 2.64 bits per heavy atom. The number of fused-ring (bicyclic) bond motifs is 2. The monoisotopic (exact) mass is 616 g/mol. The quantitative estimate of drug-likeness (QED) is 0.395. The predicted molar refractivity (Wildman–Crippen MR) is 178 cm³/mol. The summed E-state index contributed by atoms with van der Waals surface area (Å²) in [6, 6.07) is 7.65. The lowest BCUT2D eigenvalue weighted by molar-refractivity contribution is -0.129. The van der Waals surface area contributed by atoms with E-state index in [2.05, 4.69) is 42.0 Å². The van der Waals surface area contributed by atoms with E-state index in [9.17, 15) is 4.79 Å². The first-order valence-electron chi connectivity index (χ1n) is 16.9. The van der Waals surface area contributed by atoms with E-state index in [1.54, 1.807) is 18.7 Å². The van der Waals surface area contributed by atoms with Crippen LogP contribution < -0.4 is 9.64 Å². The van der Waals surface area contributed by atoms with E-state index < -0.39 is 0 Å². The van der Waals surface area contributed by atoms with Gasteiger partial charge in [-0.3, -0.25) is 4.79 Å². The van der Waals surface area contributed by atoms with Crippen molar-refractivity contribution in [3.05, 3.63) is 58.3 Å². The Morgan fingerprint density at radius 2 is 1.89 bits per heavy atom. The number of benzene rings is 1. The maximum Gasteiger partial charge on any atom is 0.318 e. The summed E-state index contributed by atoms with van der Waals surface area (Å²) in [5, 5.41) is 0. The maximum absolute atomic E-state index is 13.2. The molecule has 1 amide bonds. The van der Waals surface area contributed by atoms with Crippen molar-refractivity contribution in [2.45, 2.75) is 70.4 Å². The second-order valence-electron chi connectivity index (χ2n) is 14.2. The molecular formula is C36H52N6O3. The fraction of sp³-hybridized carbons (Fsp3) is 0.639. The molecule has 4 aliphatic rings. The molecule has 3 heterocycles. The number of hydrogen-bond acceptors (Lipinski definition) is 8. The first kappa shape index (κ1) is 32.0. The van der Waals surface area contributed by atoms with Crippen molar-refractivity contribution in [1.29, 1.82) is 0 Å². The molecule has 2 saturated heterocycles. The number of anilines is 1. The van der Waals surface area contributed by atoms with Crippen LogP contribution in [0.4, 0.5) is 5.82 Å².